The summed E-state index contributed by atoms with van der Waals surface area (Å²) in [5.74, 6) is 0.879. The number of hydrogen-bond donors (Lipinski definition) is 2. The van der Waals surface area contributed by atoms with Crippen LogP contribution in [0.25, 0.3) is 11.1 Å². The highest BCUT2D eigenvalue weighted by molar-refractivity contribution is 5.70. The maximum absolute atomic E-state index is 10.7. The first-order valence-corrected chi connectivity index (χ1v) is 9.76. The summed E-state index contributed by atoms with van der Waals surface area (Å²) in [4.78, 5) is 0. The third-order valence-corrected chi connectivity index (χ3v) is 5.29. The van der Waals surface area contributed by atoms with Gasteiger partial charge >= 0.3 is 0 Å². The molecule has 3 aromatic carbocycles. The quantitative estimate of drug-likeness (QED) is 0.560. The summed E-state index contributed by atoms with van der Waals surface area (Å²) in [7, 11) is 1.70. The molecule has 3 aromatic rings. The lowest BCUT2D eigenvalue weighted by Crippen LogP contribution is -2.29. The zero-order valence-corrected chi connectivity index (χ0v) is 16.9. The number of para-hydroxylation sites is 1. The zero-order valence-electron chi connectivity index (χ0n) is 16.9. The van der Waals surface area contributed by atoms with Gasteiger partial charge in [0.05, 0.1) is 12.7 Å². The molecule has 0 aromatic heterocycles. The van der Waals surface area contributed by atoms with Crippen LogP contribution in [0, 0.1) is 0 Å². The van der Waals surface area contributed by atoms with E-state index in [1.54, 1.807) is 7.11 Å². The Labute approximate surface area is 168 Å². The molecule has 3 heteroatoms. The summed E-state index contributed by atoms with van der Waals surface area (Å²) >= 11 is 0. The number of aliphatic hydroxyl groups is 1. The Morgan fingerprint density at radius 3 is 2.25 bits per heavy atom. The van der Waals surface area contributed by atoms with Crippen molar-refractivity contribution in [3.05, 3.63) is 90.0 Å². The van der Waals surface area contributed by atoms with Gasteiger partial charge in [-0.25, -0.2) is 0 Å². The summed E-state index contributed by atoms with van der Waals surface area (Å²) in [5.41, 5.74) is 3.57. The SMILES string of the molecule is COc1ccccc1-c1ccc(C(C)NCCC(C)(O)c2ccccc2)cc1. The molecule has 2 unspecified atom stereocenters. The first kappa shape index (κ1) is 20.1. The van der Waals surface area contributed by atoms with E-state index in [1.165, 1.54) is 5.56 Å². The van der Waals surface area contributed by atoms with Crippen molar-refractivity contribution >= 4 is 0 Å². The van der Waals surface area contributed by atoms with Crippen LogP contribution in [0.2, 0.25) is 0 Å². The Hall–Kier alpha value is -2.62. The normalized spacial score (nSPS) is 14.3. The number of hydrogen-bond acceptors (Lipinski definition) is 3. The Morgan fingerprint density at radius 1 is 0.929 bits per heavy atom. The fourth-order valence-electron chi connectivity index (χ4n) is 3.43. The van der Waals surface area contributed by atoms with Gasteiger partial charge in [0.25, 0.3) is 0 Å². The fourth-order valence-corrected chi connectivity index (χ4v) is 3.43. The molecule has 3 rings (SSSR count). The molecular formula is C25H29NO2. The van der Waals surface area contributed by atoms with E-state index in [-0.39, 0.29) is 6.04 Å². The van der Waals surface area contributed by atoms with E-state index in [2.05, 4.69) is 42.6 Å². The predicted molar refractivity (Wildman–Crippen MR) is 115 cm³/mol. The lowest BCUT2D eigenvalue weighted by Gasteiger charge is -2.25. The van der Waals surface area contributed by atoms with Crippen LogP contribution in [0.5, 0.6) is 5.75 Å². The van der Waals surface area contributed by atoms with E-state index in [9.17, 15) is 5.11 Å². The lowest BCUT2D eigenvalue weighted by atomic mass is 9.92. The van der Waals surface area contributed by atoms with Gasteiger partial charge in [-0.1, -0.05) is 72.8 Å². The lowest BCUT2D eigenvalue weighted by molar-refractivity contribution is 0.0474. The Bertz CT molecular complexity index is 873. The van der Waals surface area contributed by atoms with Gasteiger partial charge in [-0.15, -0.1) is 0 Å². The van der Waals surface area contributed by atoms with Crippen LogP contribution in [0.3, 0.4) is 0 Å². The summed E-state index contributed by atoms with van der Waals surface area (Å²) < 4.78 is 5.46. The van der Waals surface area contributed by atoms with Crippen molar-refractivity contribution in [3.63, 3.8) is 0 Å². The molecule has 0 spiro atoms. The van der Waals surface area contributed by atoms with Crippen molar-refractivity contribution in [1.29, 1.82) is 0 Å². The molecule has 0 aliphatic heterocycles. The zero-order chi connectivity index (χ0) is 20.0. The predicted octanol–water partition coefficient (Wildman–Crippen LogP) is 5.31. The van der Waals surface area contributed by atoms with Gasteiger partial charge in [-0.05, 0) is 49.6 Å². The number of ether oxygens (including phenoxy) is 1. The van der Waals surface area contributed by atoms with E-state index >= 15 is 0 Å². The molecule has 0 aliphatic carbocycles. The molecule has 0 saturated heterocycles. The monoisotopic (exact) mass is 375 g/mol. The second-order valence-corrected chi connectivity index (χ2v) is 7.39. The molecular weight excluding hydrogens is 346 g/mol. The molecule has 2 N–H and O–H groups in total. The summed E-state index contributed by atoms with van der Waals surface area (Å²) in [6.07, 6.45) is 0.653. The summed E-state index contributed by atoms with van der Waals surface area (Å²) in [6, 6.07) is 26.6. The van der Waals surface area contributed by atoms with Gasteiger partial charge in [-0.3, -0.25) is 0 Å². The molecule has 0 radical (unpaired) electrons. The first-order valence-electron chi connectivity index (χ1n) is 9.76. The van der Waals surface area contributed by atoms with Crippen molar-refractivity contribution in [2.75, 3.05) is 13.7 Å². The second-order valence-electron chi connectivity index (χ2n) is 7.39. The Morgan fingerprint density at radius 2 is 1.57 bits per heavy atom. The van der Waals surface area contributed by atoms with E-state index in [4.69, 9.17) is 4.74 Å². The number of nitrogens with one attached hydrogen (secondary N) is 1. The highest BCUT2D eigenvalue weighted by Gasteiger charge is 2.22. The van der Waals surface area contributed by atoms with Crippen LogP contribution < -0.4 is 10.1 Å². The van der Waals surface area contributed by atoms with Gasteiger partial charge < -0.3 is 15.2 Å². The average Bonchev–Trinajstić information content (AvgIpc) is 2.74. The smallest absolute Gasteiger partial charge is 0.126 e. The maximum Gasteiger partial charge on any atom is 0.126 e. The minimum atomic E-state index is -0.832. The highest BCUT2D eigenvalue weighted by atomic mass is 16.5. The minimum absolute atomic E-state index is 0.207. The van der Waals surface area contributed by atoms with Crippen molar-refractivity contribution < 1.29 is 9.84 Å². The Kier molecular flexibility index (Phi) is 6.50. The first-order chi connectivity index (χ1) is 13.5. The van der Waals surface area contributed by atoms with Gasteiger partial charge in [0.2, 0.25) is 0 Å². The van der Waals surface area contributed by atoms with Crippen molar-refractivity contribution in [2.45, 2.75) is 31.9 Å². The van der Waals surface area contributed by atoms with E-state index in [0.717, 1.165) is 29.0 Å². The number of rotatable bonds is 8. The second kappa shape index (κ2) is 9.05. The van der Waals surface area contributed by atoms with Crippen LogP contribution >= 0.6 is 0 Å². The molecule has 0 heterocycles. The molecule has 0 amide bonds. The van der Waals surface area contributed by atoms with Gasteiger partial charge in [-0.2, -0.15) is 0 Å². The van der Waals surface area contributed by atoms with Crippen LogP contribution in [-0.4, -0.2) is 18.8 Å². The average molecular weight is 376 g/mol. The maximum atomic E-state index is 10.7. The van der Waals surface area contributed by atoms with E-state index < -0.39 is 5.60 Å². The molecule has 146 valence electrons. The minimum Gasteiger partial charge on any atom is -0.496 e. The fraction of sp³-hybridized carbons (Fsp3) is 0.280. The molecule has 3 nitrogen and oxygen atoms in total. The highest BCUT2D eigenvalue weighted by Crippen LogP contribution is 2.30. The molecule has 0 fully saturated rings. The van der Waals surface area contributed by atoms with E-state index in [1.807, 2.05) is 55.5 Å². The van der Waals surface area contributed by atoms with Crippen LogP contribution in [0.15, 0.2) is 78.9 Å². The van der Waals surface area contributed by atoms with Crippen molar-refractivity contribution in [1.82, 2.24) is 5.32 Å². The molecule has 0 bridgehead atoms. The van der Waals surface area contributed by atoms with Gasteiger partial charge in [0.1, 0.15) is 5.75 Å². The number of benzene rings is 3. The molecule has 0 saturated carbocycles. The van der Waals surface area contributed by atoms with Gasteiger partial charge in [0, 0.05) is 11.6 Å². The third-order valence-electron chi connectivity index (χ3n) is 5.29. The van der Waals surface area contributed by atoms with Gasteiger partial charge in [0.15, 0.2) is 0 Å². The third kappa shape index (κ3) is 4.80. The molecule has 0 aliphatic rings. The summed E-state index contributed by atoms with van der Waals surface area (Å²) in [6.45, 7) is 4.75. The Balaban J connectivity index is 1.60. The van der Waals surface area contributed by atoms with Crippen molar-refractivity contribution in [2.24, 2.45) is 0 Å². The molecule has 2 atom stereocenters. The van der Waals surface area contributed by atoms with E-state index in [0.29, 0.717) is 6.42 Å². The largest absolute Gasteiger partial charge is 0.496 e. The molecule has 28 heavy (non-hydrogen) atoms. The topological polar surface area (TPSA) is 41.5 Å². The standard InChI is InChI=1S/C25H29NO2/c1-19(26-18-17-25(2,27)22-9-5-4-6-10-22)20-13-15-21(16-14-20)23-11-7-8-12-24(23)28-3/h4-16,19,26-27H,17-18H2,1-3H3. The summed E-state index contributed by atoms with van der Waals surface area (Å²) in [5, 5.41) is 14.3. The van der Waals surface area contributed by atoms with Crippen LogP contribution in [0.4, 0.5) is 0 Å². The number of methoxy groups -OCH3 is 1. The van der Waals surface area contributed by atoms with Crippen LogP contribution in [0.1, 0.15) is 37.4 Å². The van der Waals surface area contributed by atoms with Crippen LogP contribution in [-0.2, 0) is 5.60 Å². The van der Waals surface area contributed by atoms with Crippen molar-refractivity contribution in [3.8, 4) is 16.9 Å².